The summed E-state index contributed by atoms with van der Waals surface area (Å²) >= 11 is 0. The van der Waals surface area contributed by atoms with Gasteiger partial charge in [0.1, 0.15) is 0 Å². The lowest BCUT2D eigenvalue weighted by atomic mass is 9.98. The summed E-state index contributed by atoms with van der Waals surface area (Å²) in [7, 11) is -3.31. The van der Waals surface area contributed by atoms with Crippen molar-refractivity contribution in [3.63, 3.8) is 0 Å². The first-order valence-electron chi connectivity index (χ1n) is 8.05. The molecule has 0 bridgehead atoms. The highest BCUT2D eigenvalue weighted by molar-refractivity contribution is 7.92. The van der Waals surface area contributed by atoms with Crippen LogP contribution in [0.25, 0.3) is 0 Å². The Bertz CT molecular complexity index is 641. The Morgan fingerprint density at radius 2 is 1.71 bits per heavy atom. The molecule has 4 N–H and O–H groups in total. The topological polar surface area (TPSA) is 101 Å². The van der Waals surface area contributed by atoms with Crippen LogP contribution in [0.5, 0.6) is 0 Å². The minimum atomic E-state index is -3.31. The molecule has 0 atom stereocenters. The van der Waals surface area contributed by atoms with Gasteiger partial charge in [0.2, 0.25) is 15.9 Å². The van der Waals surface area contributed by atoms with Crippen LogP contribution < -0.4 is 15.8 Å². The summed E-state index contributed by atoms with van der Waals surface area (Å²) in [6.45, 7) is 1.95. The average molecular weight is 376 g/mol. The number of benzene rings is 1. The van der Waals surface area contributed by atoms with Crippen molar-refractivity contribution in [3.8, 4) is 0 Å². The molecule has 0 radical (unpaired) electrons. The van der Waals surface area contributed by atoms with Gasteiger partial charge in [-0.3, -0.25) is 9.52 Å². The summed E-state index contributed by atoms with van der Waals surface area (Å²) in [5.74, 6) is -0.0659. The number of sulfonamides is 1. The first-order valence-corrected chi connectivity index (χ1v) is 9.71. The standard InChI is InChI=1S/C16H25N3O3S.ClH/c1-2-3-12-23(21,22)19-14-8-6-13(7-9-14)18-15(20)16(17)10-4-5-11-16;/h6-9,19H,2-5,10-12,17H2,1H3,(H,18,20);1H. The molecule has 6 nitrogen and oxygen atoms in total. The van der Waals surface area contributed by atoms with Crippen molar-refractivity contribution in [2.75, 3.05) is 15.8 Å². The molecular weight excluding hydrogens is 350 g/mol. The van der Waals surface area contributed by atoms with Gasteiger partial charge < -0.3 is 11.1 Å². The molecule has 0 unspecified atom stereocenters. The van der Waals surface area contributed by atoms with Gasteiger partial charge in [0.15, 0.2) is 0 Å². The number of carbonyl (C=O) groups excluding carboxylic acids is 1. The monoisotopic (exact) mass is 375 g/mol. The second-order valence-electron chi connectivity index (χ2n) is 6.17. The highest BCUT2D eigenvalue weighted by Crippen LogP contribution is 2.28. The number of amides is 1. The van der Waals surface area contributed by atoms with Crippen molar-refractivity contribution in [3.05, 3.63) is 24.3 Å². The molecule has 0 aliphatic heterocycles. The van der Waals surface area contributed by atoms with Gasteiger partial charge in [-0.15, -0.1) is 12.4 Å². The molecule has 1 amide bonds. The second kappa shape index (κ2) is 8.69. The summed E-state index contributed by atoms with van der Waals surface area (Å²) in [5, 5.41) is 2.81. The van der Waals surface area contributed by atoms with E-state index in [4.69, 9.17) is 5.73 Å². The number of unbranched alkanes of at least 4 members (excludes halogenated alkanes) is 1. The zero-order valence-corrected chi connectivity index (χ0v) is 15.5. The van der Waals surface area contributed by atoms with Crippen molar-refractivity contribution in [1.82, 2.24) is 0 Å². The first kappa shape index (κ1) is 20.7. The highest BCUT2D eigenvalue weighted by atomic mass is 35.5. The van der Waals surface area contributed by atoms with Crippen molar-refractivity contribution < 1.29 is 13.2 Å². The molecule has 1 aromatic carbocycles. The molecule has 0 saturated heterocycles. The molecule has 0 aromatic heterocycles. The highest BCUT2D eigenvalue weighted by Gasteiger charge is 2.36. The van der Waals surface area contributed by atoms with Gasteiger partial charge in [0.05, 0.1) is 11.3 Å². The zero-order chi connectivity index (χ0) is 16.9. The molecule has 0 heterocycles. The summed E-state index contributed by atoms with van der Waals surface area (Å²) in [6, 6.07) is 6.62. The van der Waals surface area contributed by atoms with E-state index >= 15 is 0 Å². The fourth-order valence-electron chi connectivity index (χ4n) is 2.68. The van der Waals surface area contributed by atoms with Crippen LogP contribution in [0.2, 0.25) is 0 Å². The van der Waals surface area contributed by atoms with Crippen molar-refractivity contribution in [2.45, 2.75) is 51.0 Å². The third-order valence-corrected chi connectivity index (χ3v) is 5.50. The van der Waals surface area contributed by atoms with Crippen LogP contribution in [0.1, 0.15) is 45.4 Å². The molecule has 0 spiro atoms. The molecule has 136 valence electrons. The molecule has 1 saturated carbocycles. The zero-order valence-electron chi connectivity index (χ0n) is 13.9. The maximum atomic E-state index is 12.2. The minimum Gasteiger partial charge on any atom is -0.324 e. The van der Waals surface area contributed by atoms with Gasteiger partial charge in [-0.1, -0.05) is 26.2 Å². The summed E-state index contributed by atoms with van der Waals surface area (Å²) in [4.78, 5) is 12.2. The predicted molar refractivity (Wildman–Crippen MR) is 100 cm³/mol. The number of hydrogen-bond donors (Lipinski definition) is 3. The van der Waals surface area contributed by atoms with Crippen molar-refractivity contribution in [1.29, 1.82) is 0 Å². The van der Waals surface area contributed by atoms with Crippen LogP contribution in [-0.4, -0.2) is 25.6 Å². The van der Waals surface area contributed by atoms with Crippen LogP contribution in [-0.2, 0) is 14.8 Å². The van der Waals surface area contributed by atoms with Crippen molar-refractivity contribution >= 4 is 39.7 Å². The number of halogens is 1. The summed E-state index contributed by atoms with van der Waals surface area (Å²) in [6.07, 6.45) is 4.81. The summed E-state index contributed by atoms with van der Waals surface area (Å²) < 4.78 is 26.2. The third kappa shape index (κ3) is 5.65. The van der Waals surface area contributed by atoms with Gasteiger partial charge in [0.25, 0.3) is 0 Å². The Labute approximate surface area is 150 Å². The Balaban J connectivity index is 0.00000288. The van der Waals surface area contributed by atoms with E-state index in [-0.39, 0.29) is 24.1 Å². The van der Waals surface area contributed by atoms with Gasteiger partial charge in [-0.2, -0.15) is 0 Å². The van der Waals surface area contributed by atoms with Gasteiger partial charge in [-0.05, 0) is 43.5 Å². The Morgan fingerprint density at radius 3 is 2.25 bits per heavy atom. The molecule has 1 fully saturated rings. The van der Waals surface area contributed by atoms with Gasteiger partial charge >= 0.3 is 0 Å². The smallest absolute Gasteiger partial charge is 0.244 e. The fraction of sp³-hybridized carbons (Fsp3) is 0.562. The number of carbonyl (C=O) groups is 1. The largest absolute Gasteiger partial charge is 0.324 e. The van der Waals surface area contributed by atoms with Crippen molar-refractivity contribution in [2.24, 2.45) is 5.73 Å². The quantitative estimate of drug-likeness (QED) is 0.681. The van der Waals surface area contributed by atoms with Crippen LogP contribution in [0.3, 0.4) is 0 Å². The fourth-order valence-corrected chi connectivity index (χ4v) is 3.94. The Kier molecular flexibility index (Phi) is 7.51. The molecule has 8 heteroatoms. The maximum absolute atomic E-state index is 12.2. The first-order chi connectivity index (χ1) is 10.8. The second-order valence-corrected chi connectivity index (χ2v) is 8.01. The number of hydrogen-bond acceptors (Lipinski definition) is 4. The van der Waals surface area contributed by atoms with Crippen LogP contribution in [0.4, 0.5) is 11.4 Å². The lowest BCUT2D eigenvalue weighted by Crippen LogP contribution is -2.48. The van der Waals surface area contributed by atoms with E-state index in [9.17, 15) is 13.2 Å². The predicted octanol–water partition coefficient (Wildman–Crippen LogP) is 2.86. The normalized spacial score (nSPS) is 16.2. The maximum Gasteiger partial charge on any atom is 0.244 e. The molecular formula is C16H26ClN3O3S. The van der Waals surface area contributed by atoms with E-state index in [1.165, 1.54) is 0 Å². The van der Waals surface area contributed by atoms with E-state index in [0.29, 0.717) is 30.6 Å². The number of nitrogens with one attached hydrogen (secondary N) is 2. The van der Waals surface area contributed by atoms with Gasteiger partial charge in [-0.25, -0.2) is 8.42 Å². The Morgan fingerprint density at radius 1 is 1.17 bits per heavy atom. The van der Waals surface area contributed by atoms with Crippen LogP contribution in [0, 0.1) is 0 Å². The van der Waals surface area contributed by atoms with E-state index in [1.54, 1.807) is 24.3 Å². The SMILES string of the molecule is CCCCS(=O)(=O)Nc1ccc(NC(=O)C2(N)CCCC2)cc1.Cl. The average Bonchev–Trinajstić information content (AvgIpc) is 2.95. The van der Waals surface area contributed by atoms with E-state index in [0.717, 1.165) is 19.3 Å². The van der Waals surface area contributed by atoms with Gasteiger partial charge in [0, 0.05) is 11.4 Å². The van der Waals surface area contributed by atoms with E-state index in [2.05, 4.69) is 10.0 Å². The Hall–Kier alpha value is -1.31. The molecule has 1 aliphatic carbocycles. The lowest BCUT2D eigenvalue weighted by Gasteiger charge is -2.22. The molecule has 1 aliphatic rings. The van der Waals surface area contributed by atoms with Crippen LogP contribution >= 0.6 is 12.4 Å². The molecule has 1 aromatic rings. The number of anilines is 2. The lowest BCUT2D eigenvalue weighted by molar-refractivity contribution is -0.121. The molecule has 24 heavy (non-hydrogen) atoms. The summed E-state index contributed by atoms with van der Waals surface area (Å²) in [5.41, 5.74) is 6.43. The van der Waals surface area contributed by atoms with E-state index < -0.39 is 15.6 Å². The van der Waals surface area contributed by atoms with Crippen LogP contribution in [0.15, 0.2) is 24.3 Å². The van der Waals surface area contributed by atoms with E-state index in [1.807, 2.05) is 6.92 Å². The number of rotatable bonds is 7. The molecule has 2 rings (SSSR count). The number of nitrogens with two attached hydrogens (primary N) is 1. The minimum absolute atomic E-state index is 0. The third-order valence-electron chi connectivity index (χ3n) is 4.13.